The normalized spacial score (nSPS) is 21.6. The van der Waals surface area contributed by atoms with Gasteiger partial charge in [0.15, 0.2) is 0 Å². The predicted molar refractivity (Wildman–Crippen MR) is 97.4 cm³/mol. The number of fused-ring (bicyclic) bond motifs is 1. The average Bonchev–Trinajstić information content (AvgIpc) is 3.36. The number of carbonyl (C=O) groups is 1. The van der Waals surface area contributed by atoms with Crippen LogP contribution in [0.25, 0.3) is 0 Å². The van der Waals surface area contributed by atoms with Crippen LogP contribution in [0.15, 0.2) is 41.9 Å². The van der Waals surface area contributed by atoms with E-state index in [1.54, 1.807) is 11.8 Å². The Hall–Kier alpha value is -2.87. The smallest absolute Gasteiger partial charge is 0.338 e. The first-order chi connectivity index (χ1) is 13.2. The molecule has 0 radical (unpaired) electrons. The van der Waals surface area contributed by atoms with E-state index >= 15 is 0 Å². The summed E-state index contributed by atoms with van der Waals surface area (Å²) in [6.07, 6.45) is 3.35. The molecule has 142 valence electrons. The molecule has 1 aromatic carbocycles. The van der Waals surface area contributed by atoms with Gasteiger partial charge in [-0.15, -0.1) is 0 Å². The topological polar surface area (TPSA) is 87.5 Å². The van der Waals surface area contributed by atoms with Crippen molar-refractivity contribution in [3.63, 3.8) is 0 Å². The quantitative estimate of drug-likeness (QED) is 0.808. The van der Waals surface area contributed by atoms with Gasteiger partial charge in [-0.05, 0) is 37.5 Å². The van der Waals surface area contributed by atoms with E-state index in [0.717, 1.165) is 25.0 Å². The molecule has 0 saturated carbocycles. The van der Waals surface area contributed by atoms with Gasteiger partial charge in [-0.2, -0.15) is 10.1 Å². The Balaban J connectivity index is 1.67. The summed E-state index contributed by atoms with van der Waals surface area (Å²) in [5, 5.41) is 7.44. The summed E-state index contributed by atoms with van der Waals surface area (Å²) < 4.78 is 18.2. The number of benzene rings is 1. The molecule has 0 aliphatic carbocycles. The molecule has 4 rings (SSSR count). The highest BCUT2D eigenvalue weighted by Crippen LogP contribution is 2.36. The number of anilines is 1. The van der Waals surface area contributed by atoms with Gasteiger partial charge in [0.1, 0.15) is 24.7 Å². The second-order valence-electron chi connectivity index (χ2n) is 6.60. The number of nitrogens with one attached hydrogen (secondary N) is 1. The number of ether oxygens (including phenoxy) is 3. The summed E-state index contributed by atoms with van der Waals surface area (Å²) in [5.41, 5.74) is 2.06. The number of hydrogen-bond donors (Lipinski definition) is 1. The Morgan fingerprint density at radius 3 is 3.11 bits per heavy atom. The number of aromatic nitrogens is 3. The number of carbonyl (C=O) groups excluding carboxylic acids is 1. The molecule has 8 nitrogen and oxygen atoms in total. The van der Waals surface area contributed by atoms with Crippen LogP contribution >= 0.6 is 0 Å². The fraction of sp³-hybridized carbons (Fsp3) is 0.421. The van der Waals surface area contributed by atoms with Crippen LogP contribution in [0.1, 0.15) is 31.4 Å². The molecule has 3 heterocycles. The van der Waals surface area contributed by atoms with Crippen LogP contribution < -0.4 is 10.1 Å². The Morgan fingerprint density at radius 1 is 1.44 bits per heavy atom. The fourth-order valence-electron chi connectivity index (χ4n) is 3.50. The summed E-state index contributed by atoms with van der Waals surface area (Å²) in [6.45, 7) is 2.82. The molecule has 2 aliphatic rings. The minimum atomic E-state index is -0.448. The van der Waals surface area contributed by atoms with Crippen LogP contribution in [-0.2, 0) is 14.3 Å². The third kappa shape index (κ3) is 3.40. The Morgan fingerprint density at radius 2 is 2.33 bits per heavy atom. The summed E-state index contributed by atoms with van der Waals surface area (Å²) in [7, 11) is 1.61. The molecule has 2 aliphatic heterocycles. The van der Waals surface area contributed by atoms with Gasteiger partial charge in [-0.3, -0.25) is 0 Å². The molecule has 2 aromatic rings. The maximum Gasteiger partial charge on any atom is 0.338 e. The third-order valence-corrected chi connectivity index (χ3v) is 4.85. The maximum atomic E-state index is 13.0. The van der Waals surface area contributed by atoms with Crippen LogP contribution in [0.4, 0.5) is 5.95 Å². The minimum absolute atomic E-state index is 0.0244. The zero-order valence-electron chi connectivity index (χ0n) is 15.3. The van der Waals surface area contributed by atoms with Gasteiger partial charge in [0, 0.05) is 12.3 Å². The van der Waals surface area contributed by atoms with Crippen LogP contribution in [0.5, 0.6) is 5.75 Å². The maximum absolute atomic E-state index is 13.0. The van der Waals surface area contributed by atoms with Crippen LogP contribution in [-0.4, -0.2) is 47.2 Å². The molecule has 1 aromatic heterocycles. The van der Waals surface area contributed by atoms with Crippen molar-refractivity contribution < 1.29 is 19.0 Å². The number of esters is 1. The number of hydrogen-bond acceptors (Lipinski definition) is 7. The first kappa shape index (κ1) is 17.5. The number of allylic oxidation sites excluding steroid dienone is 1. The summed E-state index contributed by atoms with van der Waals surface area (Å²) in [5.74, 6) is 0.901. The summed E-state index contributed by atoms with van der Waals surface area (Å²) >= 11 is 0. The molecule has 0 amide bonds. The number of methoxy groups -OCH3 is 1. The lowest BCUT2D eigenvalue weighted by atomic mass is 9.95. The predicted octanol–water partition coefficient (Wildman–Crippen LogP) is 2.30. The van der Waals surface area contributed by atoms with E-state index in [-0.39, 0.29) is 18.7 Å². The van der Waals surface area contributed by atoms with Crippen LogP contribution in [0.3, 0.4) is 0 Å². The van der Waals surface area contributed by atoms with Crippen molar-refractivity contribution in [2.45, 2.75) is 31.9 Å². The van der Waals surface area contributed by atoms with Gasteiger partial charge in [-0.1, -0.05) is 12.1 Å². The monoisotopic (exact) mass is 370 g/mol. The van der Waals surface area contributed by atoms with Crippen molar-refractivity contribution in [3.8, 4) is 5.75 Å². The molecule has 0 spiro atoms. The van der Waals surface area contributed by atoms with Gasteiger partial charge >= 0.3 is 5.97 Å². The Kier molecular flexibility index (Phi) is 4.81. The van der Waals surface area contributed by atoms with E-state index in [2.05, 4.69) is 15.4 Å². The molecular weight excluding hydrogens is 348 g/mol. The fourth-order valence-corrected chi connectivity index (χ4v) is 3.50. The van der Waals surface area contributed by atoms with E-state index in [0.29, 0.717) is 23.0 Å². The second kappa shape index (κ2) is 7.40. The van der Waals surface area contributed by atoms with Crippen molar-refractivity contribution in [2.75, 3.05) is 25.6 Å². The lowest BCUT2D eigenvalue weighted by Crippen LogP contribution is -2.30. The van der Waals surface area contributed by atoms with Gasteiger partial charge in [0.2, 0.25) is 5.95 Å². The SMILES string of the molecule is COc1cccc([C@H]2C(C(=O)OC[C@@H]3CCCO3)=C(C)Nc3ncnn32)c1. The Bertz CT molecular complexity index is 870. The van der Waals surface area contributed by atoms with Crippen LogP contribution in [0.2, 0.25) is 0 Å². The molecule has 1 N–H and O–H groups in total. The molecule has 0 bridgehead atoms. The van der Waals surface area contributed by atoms with E-state index in [4.69, 9.17) is 14.2 Å². The van der Waals surface area contributed by atoms with Gasteiger partial charge in [0.25, 0.3) is 0 Å². The second-order valence-corrected chi connectivity index (χ2v) is 6.60. The molecule has 2 atom stereocenters. The van der Waals surface area contributed by atoms with E-state index in [9.17, 15) is 4.79 Å². The first-order valence-electron chi connectivity index (χ1n) is 8.97. The minimum Gasteiger partial charge on any atom is -0.497 e. The van der Waals surface area contributed by atoms with Crippen LogP contribution in [0, 0.1) is 0 Å². The number of rotatable bonds is 5. The average molecular weight is 370 g/mol. The van der Waals surface area contributed by atoms with Crippen molar-refractivity contribution >= 4 is 11.9 Å². The van der Waals surface area contributed by atoms with Crippen molar-refractivity contribution in [2.24, 2.45) is 0 Å². The molecule has 0 unspecified atom stereocenters. The zero-order chi connectivity index (χ0) is 18.8. The van der Waals surface area contributed by atoms with Crippen molar-refractivity contribution in [3.05, 3.63) is 47.4 Å². The molecule has 1 fully saturated rings. The lowest BCUT2D eigenvalue weighted by Gasteiger charge is -2.28. The van der Waals surface area contributed by atoms with E-state index < -0.39 is 6.04 Å². The molecule has 27 heavy (non-hydrogen) atoms. The lowest BCUT2D eigenvalue weighted by molar-refractivity contribution is -0.142. The van der Waals surface area contributed by atoms with Gasteiger partial charge in [-0.25, -0.2) is 9.48 Å². The highest BCUT2D eigenvalue weighted by Gasteiger charge is 2.35. The standard InChI is InChI=1S/C19H22N4O4/c1-12-16(18(24)27-10-15-7-4-8-26-15)17(23-19(22-12)20-11-21-23)13-5-3-6-14(9-13)25-2/h3,5-6,9,11,15,17H,4,7-8,10H2,1-2H3,(H,20,21,22)/t15-,17-/m0/s1. The molecule has 1 saturated heterocycles. The van der Waals surface area contributed by atoms with Gasteiger partial charge in [0.05, 0.1) is 18.8 Å². The first-order valence-corrected chi connectivity index (χ1v) is 8.97. The zero-order valence-corrected chi connectivity index (χ0v) is 15.3. The largest absolute Gasteiger partial charge is 0.497 e. The number of nitrogens with zero attached hydrogens (tertiary/aromatic N) is 3. The molecule has 8 heteroatoms. The molecular formula is C19H22N4O4. The van der Waals surface area contributed by atoms with E-state index in [1.165, 1.54) is 6.33 Å². The van der Waals surface area contributed by atoms with E-state index in [1.807, 2.05) is 31.2 Å². The Labute approximate surface area is 157 Å². The summed E-state index contributed by atoms with van der Waals surface area (Å²) in [4.78, 5) is 17.2. The highest BCUT2D eigenvalue weighted by atomic mass is 16.6. The summed E-state index contributed by atoms with van der Waals surface area (Å²) in [6, 6.07) is 7.12. The third-order valence-electron chi connectivity index (χ3n) is 4.85. The highest BCUT2D eigenvalue weighted by molar-refractivity contribution is 5.92. The van der Waals surface area contributed by atoms with Crippen molar-refractivity contribution in [1.29, 1.82) is 0 Å². The van der Waals surface area contributed by atoms with Crippen molar-refractivity contribution in [1.82, 2.24) is 14.8 Å². The van der Waals surface area contributed by atoms with Gasteiger partial charge < -0.3 is 19.5 Å².